The number of carbonyl (C=O) groups excluding carboxylic acids is 3. The summed E-state index contributed by atoms with van der Waals surface area (Å²) in [7, 11) is -0.217. The molecule has 0 heterocycles. The van der Waals surface area contributed by atoms with Crippen molar-refractivity contribution >= 4 is 28.8 Å². The number of esters is 1. The number of amides is 2. The predicted molar refractivity (Wildman–Crippen MR) is 122 cm³/mol. The SMILES string of the molecule is COC(=O)[C@H](CC[S@](=O)c1ccccc1)NC(=O)[C@@H](NC(=O)OCc1ccccc1)[C@@H](C)O. The first-order valence-electron chi connectivity index (χ1n) is 10.3. The van der Waals surface area contributed by atoms with Crippen molar-refractivity contribution in [3.8, 4) is 0 Å². The van der Waals surface area contributed by atoms with Gasteiger partial charge in [-0.25, -0.2) is 9.59 Å². The van der Waals surface area contributed by atoms with Crippen LogP contribution in [0.3, 0.4) is 0 Å². The van der Waals surface area contributed by atoms with Crippen LogP contribution in [0.4, 0.5) is 4.79 Å². The molecule has 0 aliphatic carbocycles. The number of hydrogen-bond donors (Lipinski definition) is 3. The van der Waals surface area contributed by atoms with Crippen LogP contribution < -0.4 is 10.6 Å². The highest BCUT2D eigenvalue weighted by molar-refractivity contribution is 7.85. The molecule has 4 atom stereocenters. The Kier molecular flexibility index (Phi) is 10.5. The minimum Gasteiger partial charge on any atom is -0.467 e. The molecule has 2 aromatic carbocycles. The average Bonchev–Trinajstić information content (AvgIpc) is 2.83. The molecular weight excluding hydrogens is 448 g/mol. The minimum absolute atomic E-state index is 0.0170. The summed E-state index contributed by atoms with van der Waals surface area (Å²) in [5.41, 5.74) is 0.753. The van der Waals surface area contributed by atoms with Gasteiger partial charge in [-0.05, 0) is 31.0 Å². The van der Waals surface area contributed by atoms with E-state index in [0.717, 1.165) is 5.56 Å². The fraction of sp³-hybridized carbons (Fsp3) is 0.348. The first-order valence-corrected chi connectivity index (χ1v) is 11.6. The zero-order chi connectivity index (χ0) is 24.2. The minimum atomic E-state index is -1.39. The Morgan fingerprint density at radius 2 is 1.61 bits per heavy atom. The van der Waals surface area contributed by atoms with Crippen LogP contribution in [-0.4, -0.2) is 58.3 Å². The molecular formula is C23H28N2O7S. The molecule has 0 fully saturated rings. The standard InChI is InChI=1S/C23H28N2O7S/c1-16(26)20(25-23(29)32-15-17-9-5-3-6-10-17)21(27)24-19(22(28)31-2)13-14-33(30)18-11-7-4-8-12-18/h3-12,16,19-20,26H,13-15H2,1-2H3,(H,24,27)(H,25,29)/t16-,19+,20+,33+/m1/s1. The van der Waals surface area contributed by atoms with Crippen molar-refractivity contribution in [2.24, 2.45) is 0 Å². The molecule has 2 rings (SSSR count). The Morgan fingerprint density at radius 3 is 2.18 bits per heavy atom. The Hall–Kier alpha value is -3.24. The van der Waals surface area contributed by atoms with E-state index < -0.39 is 47.0 Å². The third-order valence-corrected chi connectivity index (χ3v) is 6.06. The highest BCUT2D eigenvalue weighted by Gasteiger charge is 2.31. The lowest BCUT2D eigenvalue weighted by Gasteiger charge is -2.23. The number of aliphatic hydroxyl groups excluding tert-OH is 1. The van der Waals surface area contributed by atoms with Gasteiger partial charge < -0.3 is 25.2 Å². The molecule has 0 aromatic heterocycles. The Morgan fingerprint density at radius 1 is 1.00 bits per heavy atom. The van der Waals surface area contributed by atoms with Crippen molar-refractivity contribution in [1.82, 2.24) is 10.6 Å². The van der Waals surface area contributed by atoms with Crippen molar-refractivity contribution in [3.63, 3.8) is 0 Å². The topological polar surface area (TPSA) is 131 Å². The van der Waals surface area contributed by atoms with E-state index in [-0.39, 0.29) is 18.8 Å². The molecule has 0 saturated carbocycles. The van der Waals surface area contributed by atoms with E-state index in [1.54, 1.807) is 54.6 Å². The van der Waals surface area contributed by atoms with Crippen LogP contribution >= 0.6 is 0 Å². The number of hydrogen-bond acceptors (Lipinski definition) is 7. The predicted octanol–water partition coefficient (Wildman–Crippen LogP) is 1.52. The van der Waals surface area contributed by atoms with E-state index in [1.165, 1.54) is 14.0 Å². The fourth-order valence-electron chi connectivity index (χ4n) is 2.86. The summed E-state index contributed by atoms with van der Waals surface area (Å²) in [5, 5.41) is 14.8. The maximum absolute atomic E-state index is 12.7. The highest BCUT2D eigenvalue weighted by atomic mass is 32.2. The molecule has 178 valence electrons. The number of benzene rings is 2. The van der Waals surface area contributed by atoms with Gasteiger partial charge in [-0.15, -0.1) is 0 Å². The van der Waals surface area contributed by atoms with Crippen molar-refractivity contribution in [1.29, 1.82) is 0 Å². The molecule has 0 aliphatic heterocycles. The largest absolute Gasteiger partial charge is 0.467 e. The number of rotatable bonds is 11. The lowest BCUT2D eigenvalue weighted by atomic mass is 10.1. The highest BCUT2D eigenvalue weighted by Crippen LogP contribution is 2.09. The van der Waals surface area contributed by atoms with Gasteiger partial charge in [0, 0.05) is 10.6 Å². The second-order valence-corrected chi connectivity index (χ2v) is 8.73. The zero-order valence-electron chi connectivity index (χ0n) is 18.4. The van der Waals surface area contributed by atoms with Crippen LogP contribution in [0, 0.1) is 0 Å². The molecule has 3 N–H and O–H groups in total. The quantitative estimate of drug-likeness (QED) is 0.419. The van der Waals surface area contributed by atoms with Gasteiger partial charge in [0.1, 0.15) is 18.7 Å². The van der Waals surface area contributed by atoms with E-state index in [1.807, 2.05) is 6.07 Å². The Balaban J connectivity index is 1.96. The monoisotopic (exact) mass is 476 g/mol. The summed E-state index contributed by atoms with van der Waals surface area (Å²) in [6, 6.07) is 15.2. The second-order valence-electron chi connectivity index (χ2n) is 7.16. The summed E-state index contributed by atoms with van der Waals surface area (Å²) in [5.74, 6) is -1.44. The van der Waals surface area contributed by atoms with Gasteiger partial charge in [0.15, 0.2) is 0 Å². The summed E-state index contributed by atoms with van der Waals surface area (Å²) in [6.45, 7) is 1.30. The van der Waals surface area contributed by atoms with Gasteiger partial charge in [-0.3, -0.25) is 9.00 Å². The van der Waals surface area contributed by atoms with Gasteiger partial charge in [-0.2, -0.15) is 0 Å². The maximum Gasteiger partial charge on any atom is 0.408 e. The van der Waals surface area contributed by atoms with Crippen LogP contribution in [0.15, 0.2) is 65.6 Å². The molecule has 0 spiro atoms. The molecule has 0 bridgehead atoms. The van der Waals surface area contributed by atoms with E-state index in [2.05, 4.69) is 10.6 Å². The average molecular weight is 477 g/mol. The normalized spacial score (nSPS) is 14.3. The smallest absolute Gasteiger partial charge is 0.408 e. The summed E-state index contributed by atoms with van der Waals surface area (Å²) in [4.78, 5) is 37.6. The van der Waals surface area contributed by atoms with Crippen LogP contribution in [0.1, 0.15) is 18.9 Å². The third-order valence-electron chi connectivity index (χ3n) is 4.65. The summed E-state index contributed by atoms with van der Waals surface area (Å²) < 4.78 is 22.3. The molecule has 10 heteroatoms. The van der Waals surface area contributed by atoms with E-state index >= 15 is 0 Å². The van der Waals surface area contributed by atoms with E-state index in [0.29, 0.717) is 4.90 Å². The third kappa shape index (κ3) is 8.66. The molecule has 0 saturated heterocycles. The number of methoxy groups -OCH3 is 1. The Labute approximate surface area is 194 Å². The summed E-state index contributed by atoms with van der Waals surface area (Å²) in [6.07, 6.45) is -2.14. The van der Waals surface area contributed by atoms with Gasteiger partial charge in [0.2, 0.25) is 5.91 Å². The van der Waals surface area contributed by atoms with Gasteiger partial charge in [0.05, 0.1) is 24.0 Å². The van der Waals surface area contributed by atoms with Crippen molar-refractivity contribution in [2.75, 3.05) is 12.9 Å². The Bertz CT molecular complexity index is 938. The molecule has 9 nitrogen and oxygen atoms in total. The molecule has 2 aromatic rings. The van der Waals surface area contributed by atoms with Crippen LogP contribution in [0.5, 0.6) is 0 Å². The van der Waals surface area contributed by atoms with E-state index in [9.17, 15) is 23.7 Å². The fourth-order valence-corrected chi connectivity index (χ4v) is 4.01. The first kappa shape index (κ1) is 26.0. The van der Waals surface area contributed by atoms with Crippen LogP contribution in [0.2, 0.25) is 0 Å². The molecule has 2 amide bonds. The number of aliphatic hydroxyl groups is 1. The lowest BCUT2D eigenvalue weighted by Crippen LogP contribution is -2.56. The maximum atomic E-state index is 12.7. The van der Waals surface area contributed by atoms with Gasteiger partial charge >= 0.3 is 12.1 Å². The van der Waals surface area contributed by atoms with Crippen molar-refractivity contribution < 1.29 is 33.2 Å². The second kappa shape index (κ2) is 13.3. The molecule has 0 aliphatic rings. The van der Waals surface area contributed by atoms with Crippen molar-refractivity contribution in [2.45, 2.75) is 43.0 Å². The first-order chi connectivity index (χ1) is 15.8. The molecule has 33 heavy (non-hydrogen) atoms. The van der Waals surface area contributed by atoms with Gasteiger partial charge in [-0.1, -0.05) is 48.5 Å². The molecule has 0 unspecified atom stereocenters. The molecule has 0 radical (unpaired) electrons. The summed E-state index contributed by atoms with van der Waals surface area (Å²) >= 11 is 0. The van der Waals surface area contributed by atoms with E-state index in [4.69, 9.17) is 9.47 Å². The zero-order valence-corrected chi connectivity index (χ0v) is 19.2. The number of alkyl carbamates (subject to hydrolysis) is 1. The number of ether oxygens (including phenoxy) is 2. The number of nitrogens with one attached hydrogen (secondary N) is 2. The van der Waals surface area contributed by atoms with Crippen molar-refractivity contribution in [3.05, 3.63) is 66.2 Å². The van der Waals surface area contributed by atoms with Crippen LogP contribution in [-0.2, 0) is 36.5 Å². The van der Waals surface area contributed by atoms with Crippen LogP contribution in [0.25, 0.3) is 0 Å². The van der Waals surface area contributed by atoms with Gasteiger partial charge in [0.25, 0.3) is 0 Å². The number of carbonyl (C=O) groups is 3. The lowest BCUT2D eigenvalue weighted by molar-refractivity contribution is -0.145.